The molecule has 0 unspecified atom stereocenters. The van der Waals surface area contributed by atoms with Gasteiger partial charge in [-0.15, -0.1) is 0 Å². The summed E-state index contributed by atoms with van der Waals surface area (Å²) < 4.78 is 14.5. The largest absolute Gasteiger partial charge is 0.322 e. The number of carbonyl (C=O) groups excluding carboxylic acids is 1. The third-order valence-electron chi connectivity index (χ3n) is 3.17. The number of nitrogens with zero attached hydrogens (tertiary/aromatic N) is 1. The second-order valence-corrected chi connectivity index (χ2v) is 5.57. The standard InChI is InChI=1S/C16H12BrFN2O/c1-9-3-4-12(17)7-13(9)16(21)20-15-6-11(8-19)5-14(18)10(15)2/h3-7H,1-2H3,(H,20,21). The van der Waals surface area contributed by atoms with Crippen molar-refractivity contribution in [1.82, 2.24) is 0 Å². The van der Waals surface area contributed by atoms with Gasteiger partial charge in [0.15, 0.2) is 0 Å². The van der Waals surface area contributed by atoms with E-state index >= 15 is 0 Å². The van der Waals surface area contributed by atoms with Crippen LogP contribution in [0.3, 0.4) is 0 Å². The lowest BCUT2D eigenvalue weighted by Gasteiger charge is -2.11. The third-order valence-corrected chi connectivity index (χ3v) is 3.66. The SMILES string of the molecule is Cc1ccc(Br)cc1C(=O)Nc1cc(C#N)cc(F)c1C. The summed E-state index contributed by atoms with van der Waals surface area (Å²) in [6.07, 6.45) is 0. The van der Waals surface area contributed by atoms with Gasteiger partial charge < -0.3 is 5.32 Å². The maximum atomic E-state index is 13.7. The second kappa shape index (κ2) is 6.06. The maximum Gasteiger partial charge on any atom is 0.255 e. The zero-order valence-electron chi connectivity index (χ0n) is 11.5. The first-order valence-corrected chi connectivity index (χ1v) is 6.99. The number of rotatable bonds is 2. The molecule has 0 aliphatic carbocycles. The molecule has 0 spiro atoms. The Hall–Kier alpha value is -2.19. The summed E-state index contributed by atoms with van der Waals surface area (Å²) in [5.74, 6) is -0.860. The van der Waals surface area contributed by atoms with Crippen LogP contribution in [0.4, 0.5) is 10.1 Å². The fraction of sp³-hybridized carbons (Fsp3) is 0.125. The Bertz CT molecular complexity index is 766. The molecule has 1 amide bonds. The van der Waals surface area contributed by atoms with Crippen molar-refractivity contribution >= 4 is 27.5 Å². The molecule has 0 aliphatic rings. The zero-order valence-corrected chi connectivity index (χ0v) is 13.1. The van der Waals surface area contributed by atoms with Crippen molar-refractivity contribution in [3.63, 3.8) is 0 Å². The van der Waals surface area contributed by atoms with Gasteiger partial charge in [-0.3, -0.25) is 4.79 Å². The molecule has 1 N–H and O–H groups in total. The summed E-state index contributed by atoms with van der Waals surface area (Å²) in [5.41, 5.74) is 2.07. The van der Waals surface area contributed by atoms with E-state index < -0.39 is 5.82 Å². The number of hydrogen-bond donors (Lipinski definition) is 1. The van der Waals surface area contributed by atoms with E-state index in [4.69, 9.17) is 5.26 Å². The van der Waals surface area contributed by atoms with Gasteiger partial charge in [-0.2, -0.15) is 5.26 Å². The number of nitriles is 1. The smallest absolute Gasteiger partial charge is 0.255 e. The normalized spacial score (nSPS) is 10.0. The van der Waals surface area contributed by atoms with Crippen molar-refractivity contribution in [2.24, 2.45) is 0 Å². The van der Waals surface area contributed by atoms with E-state index in [-0.39, 0.29) is 11.5 Å². The van der Waals surface area contributed by atoms with Crippen molar-refractivity contribution in [2.75, 3.05) is 5.32 Å². The molecule has 0 aliphatic heterocycles. The summed E-state index contributed by atoms with van der Waals surface area (Å²) >= 11 is 3.32. The molecule has 0 fully saturated rings. The van der Waals surface area contributed by atoms with E-state index in [0.717, 1.165) is 16.1 Å². The monoisotopic (exact) mass is 346 g/mol. The third kappa shape index (κ3) is 3.29. The van der Waals surface area contributed by atoms with Crippen LogP contribution in [0, 0.1) is 31.0 Å². The minimum atomic E-state index is -0.518. The van der Waals surface area contributed by atoms with Gasteiger partial charge in [0.25, 0.3) is 5.91 Å². The molecule has 2 aromatic rings. The first kappa shape index (κ1) is 15.2. The number of amides is 1. The Morgan fingerprint density at radius 2 is 2.00 bits per heavy atom. The van der Waals surface area contributed by atoms with Crippen LogP contribution in [0.1, 0.15) is 27.0 Å². The van der Waals surface area contributed by atoms with Crippen LogP contribution >= 0.6 is 15.9 Å². The van der Waals surface area contributed by atoms with Crippen LogP contribution in [0.2, 0.25) is 0 Å². The number of hydrogen-bond acceptors (Lipinski definition) is 2. The molecule has 21 heavy (non-hydrogen) atoms. The van der Waals surface area contributed by atoms with E-state index in [1.165, 1.54) is 6.07 Å². The quantitative estimate of drug-likeness (QED) is 0.879. The van der Waals surface area contributed by atoms with Crippen LogP contribution in [0.15, 0.2) is 34.8 Å². The Balaban J connectivity index is 2.38. The van der Waals surface area contributed by atoms with Gasteiger partial charge in [0.2, 0.25) is 0 Å². The lowest BCUT2D eigenvalue weighted by Crippen LogP contribution is -2.14. The average Bonchev–Trinajstić information content (AvgIpc) is 2.46. The van der Waals surface area contributed by atoms with E-state index in [9.17, 15) is 9.18 Å². The van der Waals surface area contributed by atoms with Crippen molar-refractivity contribution < 1.29 is 9.18 Å². The summed E-state index contributed by atoms with van der Waals surface area (Å²) in [4.78, 5) is 12.3. The van der Waals surface area contributed by atoms with E-state index in [0.29, 0.717) is 16.8 Å². The highest BCUT2D eigenvalue weighted by molar-refractivity contribution is 9.10. The fourth-order valence-corrected chi connectivity index (χ4v) is 2.26. The summed E-state index contributed by atoms with van der Waals surface area (Å²) in [7, 11) is 0. The molecule has 0 bridgehead atoms. The number of nitrogens with one attached hydrogen (secondary N) is 1. The van der Waals surface area contributed by atoms with Crippen molar-refractivity contribution in [1.29, 1.82) is 5.26 Å². The topological polar surface area (TPSA) is 52.9 Å². The molecule has 0 radical (unpaired) electrons. The lowest BCUT2D eigenvalue weighted by molar-refractivity contribution is 0.102. The van der Waals surface area contributed by atoms with Crippen molar-refractivity contribution in [3.8, 4) is 6.07 Å². The number of halogens is 2. The molecule has 3 nitrogen and oxygen atoms in total. The van der Waals surface area contributed by atoms with E-state index in [2.05, 4.69) is 21.2 Å². The molecule has 0 aromatic heterocycles. The van der Waals surface area contributed by atoms with Gasteiger partial charge in [-0.25, -0.2) is 4.39 Å². The average molecular weight is 347 g/mol. The molecular formula is C16H12BrFN2O. The van der Waals surface area contributed by atoms with Gasteiger partial charge in [-0.05, 0) is 43.7 Å². The van der Waals surface area contributed by atoms with Crippen LogP contribution < -0.4 is 5.32 Å². The Kier molecular flexibility index (Phi) is 4.39. The van der Waals surface area contributed by atoms with E-state index in [1.54, 1.807) is 13.0 Å². The molecule has 5 heteroatoms. The highest BCUT2D eigenvalue weighted by atomic mass is 79.9. The summed E-state index contributed by atoms with van der Waals surface area (Å²) in [6.45, 7) is 3.38. The highest BCUT2D eigenvalue weighted by Gasteiger charge is 2.13. The molecule has 0 atom stereocenters. The summed E-state index contributed by atoms with van der Waals surface area (Å²) in [5, 5.41) is 11.5. The second-order valence-electron chi connectivity index (χ2n) is 4.66. The van der Waals surface area contributed by atoms with Crippen molar-refractivity contribution in [3.05, 3.63) is 62.9 Å². The Morgan fingerprint density at radius 1 is 1.29 bits per heavy atom. The molecular weight excluding hydrogens is 335 g/mol. The van der Waals surface area contributed by atoms with Gasteiger partial charge in [0.05, 0.1) is 11.6 Å². The molecule has 0 saturated carbocycles. The molecule has 0 heterocycles. The van der Waals surface area contributed by atoms with Crippen LogP contribution in [-0.4, -0.2) is 5.91 Å². The first-order valence-electron chi connectivity index (χ1n) is 6.20. The number of carbonyl (C=O) groups is 1. The maximum absolute atomic E-state index is 13.7. The van der Waals surface area contributed by atoms with Crippen LogP contribution in [0.5, 0.6) is 0 Å². The lowest BCUT2D eigenvalue weighted by atomic mass is 10.1. The highest BCUT2D eigenvalue weighted by Crippen LogP contribution is 2.22. The predicted molar refractivity (Wildman–Crippen MR) is 82.7 cm³/mol. The van der Waals surface area contributed by atoms with Crippen molar-refractivity contribution in [2.45, 2.75) is 13.8 Å². The van der Waals surface area contributed by atoms with Crippen LogP contribution in [0.25, 0.3) is 0 Å². The van der Waals surface area contributed by atoms with Crippen LogP contribution in [-0.2, 0) is 0 Å². The first-order chi connectivity index (χ1) is 9.92. The minimum Gasteiger partial charge on any atom is -0.322 e. The predicted octanol–water partition coefficient (Wildman–Crippen LogP) is 4.33. The number of benzene rings is 2. The molecule has 2 aromatic carbocycles. The van der Waals surface area contributed by atoms with Gasteiger partial charge in [-0.1, -0.05) is 22.0 Å². The minimum absolute atomic E-state index is 0.166. The van der Waals surface area contributed by atoms with Gasteiger partial charge >= 0.3 is 0 Å². The van der Waals surface area contributed by atoms with Gasteiger partial charge in [0.1, 0.15) is 5.82 Å². The Morgan fingerprint density at radius 3 is 2.67 bits per heavy atom. The number of aryl methyl sites for hydroxylation is 1. The molecule has 106 valence electrons. The van der Waals surface area contributed by atoms with E-state index in [1.807, 2.05) is 25.1 Å². The summed E-state index contributed by atoms with van der Waals surface area (Å²) in [6, 6.07) is 9.84. The fourth-order valence-electron chi connectivity index (χ4n) is 1.90. The molecule has 2 rings (SSSR count). The number of anilines is 1. The molecule has 0 saturated heterocycles. The zero-order chi connectivity index (χ0) is 15.6. The Labute approximate surface area is 130 Å². The van der Waals surface area contributed by atoms with Gasteiger partial charge in [0, 0.05) is 21.3 Å².